The highest BCUT2D eigenvalue weighted by Crippen LogP contribution is 2.36. The Morgan fingerprint density at radius 2 is 2.14 bits per heavy atom. The van der Waals surface area contributed by atoms with Crippen molar-refractivity contribution in [1.29, 1.82) is 0 Å². The second kappa shape index (κ2) is 7.72. The lowest BCUT2D eigenvalue weighted by atomic mass is 9.87. The molecule has 2 aromatic heterocycles. The fourth-order valence-electron chi connectivity index (χ4n) is 4.11. The predicted molar refractivity (Wildman–Crippen MR) is 105 cm³/mol. The molecule has 0 spiro atoms. The largest absolute Gasteiger partial charge is 0.382 e. The molecule has 0 saturated heterocycles. The maximum absolute atomic E-state index is 13.1. The van der Waals surface area contributed by atoms with Crippen LogP contribution in [0.1, 0.15) is 41.3 Å². The Morgan fingerprint density at radius 1 is 1.34 bits per heavy atom. The maximum atomic E-state index is 13.1. The van der Waals surface area contributed by atoms with Crippen LogP contribution in [-0.2, 0) is 17.6 Å². The first-order valence-corrected chi connectivity index (χ1v) is 9.74. The summed E-state index contributed by atoms with van der Waals surface area (Å²) in [6, 6.07) is 8.22. The Bertz CT molecular complexity index is 1070. The van der Waals surface area contributed by atoms with Gasteiger partial charge in [-0.25, -0.2) is 13.3 Å². The van der Waals surface area contributed by atoms with Crippen LogP contribution in [0.5, 0.6) is 0 Å². The maximum Gasteiger partial charge on any atom is 0.268 e. The number of rotatable bonds is 4. The zero-order valence-corrected chi connectivity index (χ0v) is 16.5. The molecule has 4 rings (SSSR count). The molecule has 0 aliphatic carbocycles. The fourth-order valence-corrected chi connectivity index (χ4v) is 4.33. The third-order valence-electron chi connectivity index (χ3n) is 5.60. The molecule has 3 aromatic rings. The van der Waals surface area contributed by atoms with Gasteiger partial charge < -0.3 is 10.0 Å². The minimum Gasteiger partial charge on any atom is -0.382 e. The van der Waals surface area contributed by atoms with E-state index in [4.69, 9.17) is 11.6 Å². The van der Waals surface area contributed by atoms with Crippen molar-refractivity contribution < 1.29 is 18.7 Å². The lowest BCUT2D eigenvalue weighted by Crippen LogP contribution is -2.40. The number of amides is 1. The first-order valence-electron chi connectivity index (χ1n) is 9.36. The van der Waals surface area contributed by atoms with Gasteiger partial charge >= 0.3 is 0 Å². The van der Waals surface area contributed by atoms with E-state index in [0.29, 0.717) is 29.1 Å². The number of hydrogen-bond acceptors (Lipinski definition) is 3. The summed E-state index contributed by atoms with van der Waals surface area (Å²) in [6.07, 6.45) is -0.757. The van der Waals surface area contributed by atoms with Gasteiger partial charge in [0.05, 0.1) is 18.0 Å². The summed E-state index contributed by atoms with van der Waals surface area (Å²) in [6.45, 7) is 2.26. The molecule has 5 nitrogen and oxygen atoms in total. The molecule has 0 radical (unpaired) electrons. The zero-order chi connectivity index (χ0) is 20.7. The molecule has 1 aliphatic rings. The molecular weight excluding hydrogens is 400 g/mol. The fraction of sp³-hybridized carbons (Fsp3) is 0.333. The highest BCUT2D eigenvalue weighted by atomic mass is 35.5. The minimum atomic E-state index is -2.85. The van der Waals surface area contributed by atoms with Gasteiger partial charge in [-0.3, -0.25) is 4.79 Å². The molecule has 0 fully saturated rings. The third kappa shape index (κ3) is 3.49. The van der Waals surface area contributed by atoms with E-state index in [0.717, 1.165) is 11.1 Å². The number of hydrogen-bond donors (Lipinski definition) is 1. The summed E-state index contributed by atoms with van der Waals surface area (Å²) >= 11 is 6.34. The molecule has 152 valence electrons. The van der Waals surface area contributed by atoms with Crippen LogP contribution in [0.25, 0.3) is 5.52 Å². The number of fused-ring (bicyclic) bond motifs is 2. The van der Waals surface area contributed by atoms with Gasteiger partial charge in [0.15, 0.2) is 0 Å². The van der Waals surface area contributed by atoms with E-state index in [1.54, 1.807) is 40.0 Å². The first-order chi connectivity index (χ1) is 13.9. The van der Waals surface area contributed by atoms with Crippen LogP contribution >= 0.6 is 11.6 Å². The van der Waals surface area contributed by atoms with Gasteiger partial charge in [0, 0.05) is 29.5 Å². The number of alkyl halides is 2. The highest BCUT2D eigenvalue weighted by Gasteiger charge is 2.32. The SMILES string of the molecule is C[C@H]1c2cccc([C@H](O)C(F)F)c2CCN1C(=O)Cc1c(Cl)ccn2nccc12. The number of carbonyl (C=O) groups is 1. The van der Waals surface area contributed by atoms with Gasteiger partial charge in [-0.2, -0.15) is 5.10 Å². The molecule has 1 amide bonds. The van der Waals surface area contributed by atoms with Crippen molar-refractivity contribution in [2.75, 3.05) is 6.54 Å². The van der Waals surface area contributed by atoms with E-state index in [-0.39, 0.29) is 23.9 Å². The average molecular weight is 420 g/mol. The molecule has 1 aromatic carbocycles. The quantitative estimate of drug-likeness (QED) is 0.696. The van der Waals surface area contributed by atoms with Gasteiger partial charge in [-0.05, 0) is 42.2 Å². The van der Waals surface area contributed by atoms with Crippen molar-refractivity contribution in [2.45, 2.75) is 38.3 Å². The number of nitrogens with zero attached hydrogens (tertiary/aromatic N) is 3. The van der Waals surface area contributed by atoms with Crippen LogP contribution in [0.15, 0.2) is 42.7 Å². The predicted octanol–water partition coefficient (Wildman–Crippen LogP) is 3.97. The molecular formula is C21H20ClF2N3O2. The van der Waals surface area contributed by atoms with Crippen LogP contribution in [0.4, 0.5) is 8.78 Å². The zero-order valence-electron chi connectivity index (χ0n) is 15.7. The van der Waals surface area contributed by atoms with Crippen molar-refractivity contribution in [2.24, 2.45) is 0 Å². The summed E-state index contributed by atoms with van der Waals surface area (Å²) in [4.78, 5) is 14.8. The average Bonchev–Trinajstić information content (AvgIpc) is 3.18. The van der Waals surface area contributed by atoms with E-state index in [9.17, 15) is 18.7 Å². The van der Waals surface area contributed by atoms with Crippen molar-refractivity contribution in [3.63, 3.8) is 0 Å². The Morgan fingerprint density at radius 3 is 2.90 bits per heavy atom. The number of aromatic nitrogens is 2. The third-order valence-corrected chi connectivity index (χ3v) is 5.96. The second-order valence-electron chi connectivity index (χ2n) is 7.19. The molecule has 1 N–H and O–H groups in total. The Kier molecular flexibility index (Phi) is 5.27. The number of carbonyl (C=O) groups excluding carboxylic acids is 1. The summed E-state index contributed by atoms with van der Waals surface area (Å²) in [5.41, 5.74) is 3.21. The van der Waals surface area contributed by atoms with Crippen molar-refractivity contribution in [3.05, 3.63) is 70.0 Å². The lowest BCUT2D eigenvalue weighted by Gasteiger charge is -2.37. The topological polar surface area (TPSA) is 57.8 Å². The van der Waals surface area contributed by atoms with Crippen LogP contribution < -0.4 is 0 Å². The Balaban J connectivity index is 1.62. The molecule has 1 aliphatic heterocycles. The highest BCUT2D eigenvalue weighted by molar-refractivity contribution is 6.32. The summed E-state index contributed by atoms with van der Waals surface area (Å²) in [5.74, 6) is -0.0980. The normalized spacial score (nSPS) is 17.6. The smallest absolute Gasteiger partial charge is 0.268 e. The Hall–Kier alpha value is -2.51. The lowest BCUT2D eigenvalue weighted by molar-refractivity contribution is -0.133. The van der Waals surface area contributed by atoms with E-state index in [1.165, 1.54) is 6.07 Å². The number of halogens is 3. The number of pyridine rings is 1. The number of aliphatic hydroxyl groups is 1. The van der Waals surface area contributed by atoms with Crippen LogP contribution in [0, 0.1) is 0 Å². The summed E-state index contributed by atoms with van der Waals surface area (Å²) in [7, 11) is 0. The van der Waals surface area contributed by atoms with Crippen molar-refractivity contribution in [1.82, 2.24) is 14.5 Å². The van der Waals surface area contributed by atoms with E-state index in [2.05, 4.69) is 5.10 Å². The van der Waals surface area contributed by atoms with Crippen LogP contribution in [-0.4, -0.2) is 38.5 Å². The van der Waals surface area contributed by atoms with Gasteiger partial charge in [-0.1, -0.05) is 29.8 Å². The van der Waals surface area contributed by atoms with Crippen molar-refractivity contribution in [3.8, 4) is 0 Å². The minimum absolute atomic E-state index is 0.0980. The molecule has 0 saturated carbocycles. The van der Waals surface area contributed by atoms with E-state index >= 15 is 0 Å². The van der Waals surface area contributed by atoms with Gasteiger partial charge in [0.25, 0.3) is 6.43 Å². The van der Waals surface area contributed by atoms with E-state index in [1.807, 2.05) is 13.0 Å². The Labute approximate surface area is 171 Å². The van der Waals surface area contributed by atoms with Crippen LogP contribution in [0.2, 0.25) is 5.02 Å². The molecule has 0 bridgehead atoms. The van der Waals surface area contributed by atoms with E-state index < -0.39 is 12.5 Å². The van der Waals surface area contributed by atoms with Gasteiger partial charge in [0.2, 0.25) is 5.91 Å². The molecule has 0 unspecified atom stereocenters. The van der Waals surface area contributed by atoms with Gasteiger partial charge in [0.1, 0.15) is 6.10 Å². The first kappa shape index (κ1) is 19.8. The standard InChI is InChI=1S/C21H20ClF2N3O2/c1-12-13-3-2-4-15(20(29)21(23)24)14(13)6-9-26(12)19(28)11-16-17(22)7-10-27-18(16)5-8-25-27/h2-5,7-8,10,12,20-21,29H,6,9,11H2,1H3/t12-,20-/m0/s1. The second-order valence-corrected chi connectivity index (χ2v) is 7.59. The number of benzene rings is 1. The molecule has 2 atom stereocenters. The molecule has 8 heteroatoms. The molecule has 29 heavy (non-hydrogen) atoms. The summed E-state index contributed by atoms with van der Waals surface area (Å²) < 4.78 is 27.7. The van der Waals surface area contributed by atoms with Crippen molar-refractivity contribution >= 4 is 23.0 Å². The number of aliphatic hydroxyl groups excluding tert-OH is 1. The summed E-state index contributed by atoms with van der Waals surface area (Å²) in [5, 5.41) is 14.5. The molecule has 3 heterocycles. The van der Waals surface area contributed by atoms with Crippen LogP contribution in [0.3, 0.4) is 0 Å². The monoisotopic (exact) mass is 419 g/mol. The van der Waals surface area contributed by atoms with Gasteiger partial charge in [-0.15, -0.1) is 0 Å².